The second kappa shape index (κ2) is 14.0. The Bertz CT molecular complexity index is 1620. The normalized spacial score (nSPS) is 18.3. The van der Waals surface area contributed by atoms with E-state index in [-0.39, 0.29) is 12.1 Å². The Morgan fingerprint density at radius 1 is 1.18 bits per heavy atom. The molecule has 10 heteroatoms. The average Bonchev–Trinajstić information content (AvgIpc) is 3.66. The number of halogens is 1. The highest BCUT2D eigenvalue weighted by Crippen LogP contribution is 2.34. The first-order chi connectivity index (χ1) is 21.6. The second-order valence-corrected chi connectivity index (χ2v) is 12.5. The lowest BCUT2D eigenvalue weighted by atomic mass is 9.98. The van der Waals surface area contributed by atoms with Gasteiger partial charge in [-0.25, -0.2) is 9.97 Å². The third kappa shape index (κ3) is 6.98. The molecule has 240 valence electrons. The maximum Gasteiger partial charge on any atom is 0.219 e. The van der Waals surface area contributed by atoms with Crippen LogP contribution in [0, 0.1) is 11.8 Å². The number of ether oxygens (including phenoxy) is 1. The minimum Gasteiger partial charge on any atom is -0.497 e. The minimum absolute atomic E-state index is 0.0148. The van der Waals surface area contributed by atoms with Gasteiger partial charge in [-0.3, -0.25) is 9.20 Å². The van der Waals surface area contributed by atoms with Gasteiger partial charge in [-0.1, -0.05) is 57.5 Å². The van der Waals surface area contributed by atoms with Crippen LogP contribution in [0.3, 0.4) is 0 Å². The van der Waals surface area contributed by atoms with Crippen molar-refractivity contribution in [2.45, 2.75) is 60.0 Å². The summed E-state index contributed by atoms with van der Waals surface area (Å²) in [7, 11) is 1.63. The number of aromatic nitrogens is 3. The molecule has 0 spiro atoms. The Balaban J connectivity index is 1.47. The van der Waals surface area contributed by atoms with Gasteiger partial charge in [-0.2, -0.15) is 0 Å². The molecule has 1 saturated heterocycles. The Morgan fingerprint density at radius 3 is 2.58 bits per heavy atom. The first kappa shape index (κ1) is 32.4. The number of methoxy groups -OCH3 is 1. The number of nitrogens with one attached hydrogen (secondary N) is 2. The fraction of sp³-hybridized carbons (Fsp3) is 0.457. The van der Waals surface area contributed by atoms with Gasteiger partial charge in [0.1, 0.15) is 11.9 Å². The standard InChI is InChI=1S/C35H46ClN7O2/c1-8-22(3)24(5)10-13-30-33(23(4)9-2)40-32(39-30)18-26-21-43-31(28-12-11-27(45-7)19-29(28)36)20-37-34(35(43)38-26)42-16-14-41(15-17-42)25(6)44/h10-13,19-23,32,39-40H,5,8-9,14-18H2,1-4,6-7H3/b13-10-. The lowest BCUT2D eigenvalue weighted by Gasteiger charge is -2.35. The molecule has 4 heterocycles. The molecular weight excluding hydrogens is 586 g/mol. The molecule has 2 aromatic heterocycles. The summed E-state index contributed by atoms with van der Waals surface area (Å²) in [4.78, 5) is 26.1. The molecule has 9 nitrogen and oxygen atoms in total. The van der Waals surface area contributed by atoms with Gasteiger partial charge in [0.05, 0.1) is 35.4 Å². The summed E-state index contributed by atoms with van der Waals surface area (Å²) in [6.45, 7) is 17.5. The van der Waals surface area contributed by atoms with E-state index in [0.717, 1.165) is 52.5 Å². The maximum absolute atomic E-state index is 12.0. The Hall–Kier alpha value is -3.98. The third-order valence-electron chi connectivity index (χ3n) is 9.18. The van der Waals surface area contributed by atoms with Crippen molar-refractivity contribution < 1.29 is 9.53 Å². The van der Waals surface area contributed by atoms with Gasteiger partial charge in [0.2, 0.25) is 5.91 Å². The Labute approximate surface area is 272 Å². The minimum atomic E-state index is -0.0148. The van der Waals surface area contributed by atoms with Crippen LogP contribution in [0.15, 0.2) is 66.3 Å². The van der Waals surface area contributed by atoms with Crippen molar-refractivity contribution in [2.75, 3.05) is 38.2 Å². The van der Waals surface area contributed by atoms with E-state index in [1.807, 2.05) is 29.3 Å². The number of nitrogens with zero attached hydrogens (tertiary/aromatic N) is 5. The van der Waals surface area contributed by atoms with Crippen LogP contribution in [0.1, 0.15) is 53.2 Å². The van der Waals surface area contributed by atoms with E-state index in [1.165, 1.54) is 5.70 Å². The molecule has 0 radical (unpaired) electrons. The van der Waals surface area contributed by atoms with E-state index in [2.05, 4.69) is 72.6 Å². The van der Waals surface area contributed by atoms with E-state index >= 15 is 0 Å². The van der Waals surface area contributed by atoms with Crippen LogP contribution in [-0.4, -0.2) is 64.6 Å². The van der Waals surface area contributed by atoms with Crippen molar-refractivity contribution in [3.8, 4) is 17.0 Å². The SMILES string of the molecule is C=C(/C=C\C1=C(C(C)CC)NC(Cc2cn3c(-c4ccc(OC)cc4Cl)cnc(N4CCN(C(C)=O)CC4)c3n2)N1)C(C)CC. The number of fused-ring (bicyclic) bond motifs is 1. The lowest BCUT2D eigenvalue weighted by molar-refractivity contribution is -0.129. The van der Waals surface area contributed by atoms with Crippen molar-refractivity contribution in [1.82, 2.24) is 29.9 Å². The molecule has 3 unspecified atom stereocenters. The van der Waals surface area contributed by atoms with Gasteiger partial charge >= 0.3 is 0 Å². The number of carbonyl (C=O) groups excluding carboxylic acids is 1. The fourth-order valence-corrected chi connectivity index (χ4v) is 6.11. The second-order valence-electron chi connectivity index (χ2n) is 12.1. The van der Waals surface area contributed by atoms with E-state index < -0.39 is 0 Å². The van der Waals surface area contributed by atoms with Crippen molar-refractivity contribution >= 4 is 29.0 Å². The molecular formula is C35H46ClN7O2. The number of carbonyl (C=O) groups is 1. The fourth-order valence-electron chi connectivity index (χ4n) is 5.84. The quantitative estimate of drug-likeness (QED) is 0.244. The van der Waals surface area contributed by atoms with Crippen LogP contribution in [-0.2, 0) is 11.2 Å². The summed E-state index contributed by atoms with van der Waals surface area (Å²) in [5.41, 5.74) is 6.85. The molecule has 1 amide bonds. The predicted molar refractivity (Wildman–Crippen MR) is 182 cm³/mol. The summed E-state index contributed by atoms with van der Waals surface area (Å²) in [6.07, 6.45) is 11.0. The highest BCUT2D eigenvalue weighted by Gasteiger charge is 2.27. The number of imidazole rings is 1. The molecule has 1 aromatic carbocycles. The summed E-state index contributed by atoms with van der Waals surface area (Å²) in [5, 5.41) is 8.04. The number of rotatable bonds is 11. The first-order valence-electron chi connectivity index (χ1n) is 16.0. The number of piperazine rings is 1. The lowest BCUT2D eigenvalue weighted by Crippen LogP contribution is -2.48. The smallest absolute Gasteiger partial charge is 0.219 e. The molecule has 1 fully saturated rings. The molecule has 2 N–H and O–H groups in total. The Kier molecular flexibility index (Phi) is 10.1. The van der Waals surface area contributed by atoms with Crippen LogP contribution in [0.4, 0.5) is 5.82 Å². The van der Waals surface area contributed by atoms with Crippen molar-refractivity contribution in [1.29, 1.82) is 0 Å². The first-order valence-corrected chi connectivity index (χ1v) is 16.4. The molecule has 3 atom stereocenters. The van der Waals surface area contributed by atoms with Gasteiger partial charge in [-0.15, -0.1) is 0 Å². The number of hydrogen-bond donors (Lipinski definition) is 2. The van der Waals surface area contributed by atoms with Gasteiger partial charge in [-0.05, 0) is 49.0 Å². The van der Waals surface area contributed by atoms with Crippen LogP contribution >= 0.6 is 11.6 Å². The van der Waals surface area contributed by atoms with Crippen LogP contribution in [0.2, 0.25) is 5.02 Å². The highest BCUT2D eigenvalue weighted by atomic mass is 35.5. The van der Waals surface area contributed by atoms with Crippen LogP contribution in [0.5, 0.6) is 5.75 Å². The topological polar surface area (TPSA) is 87.0 Å². The summed E-state index contributed by atoms with van der Waals surface area (Å²) in [6, 6.07) is 5.67. The molecule has 2 aliphatic rings. The van der Waals surface area contributed by atoms with Crippen molar-refractivity contribution in [2.24, 2.45) is 11.8 Å². The van der Waals surface area contributed by atoms with E-state index in [4.69, 9.17) is 26.3 Å². The van der Waals surface area contributed by atoms with Crippen molar-refractivity contribution in [3.05, 3.63) is 77.0 Å². The summed E-state index contributed by atoms with van der Waals surface area (Å²) in [5.74, 6) is 2.42. The molecule has 0 aliphatic carbocycles. The zero-order valence-corrected chi connectivity index (χ0v) is 28.1. The average molecular weight is 632 g/mol. The van der Waals surface area contributed by atoms with E-state index in [0.29, 0.717) is 55.2 Å². The Morgan fingerprint density at radius 2 is 1.93 bits per heavy atom. The maximum atomic E-state index is 12.0. The van der Waals surface area contributed by atoms with Gasteiger partial charge < -0.3 is 25.2 Å². The number of hydrogen-bond acceptors (Lipinski definition) is 7. The zero-order valence-electron chi connectivity index (χ0n) is 27.4. The number of benzene rings is 1. The van der Waals surface area contributed by atoms with Gasteiger partial charge in [0.25, 0.3) is 0 Å². The summed E-state index contributed by atoms with van der Waals surface area (Å²) < 4.78 is 7.48. The van der Waals surface area contributed by atoms with Crippen LogP contribution < -0.4 is 20.3 Å². The van der Waals surface area contributed by atoms with Crippen LogP contribution in [0.25, 0.3) is 16.9 Å². The molecule has 0 saturated carbocycles. The van der Waals surface area contributed by atoms with E-state index in [1.54, 1.807) is 14.0 Å². The number of anilines is 1. The molecule has 5 rings (SSSR count). The predicted octanol–water partition coefficient (Wildman–Crippen LogP) is 6.20. The van der Waals surface area contributed by atoms with Gasteiger partial charge in [0, 0.05) is 57.0 Å². The largest absolute Gasteiger partial charge is 0.497 e. The highest BCUT2D eigenvalue weighted by molar-refractivity contribution is 6.33. The molecule has 2 aliphatic heterocycles. The molecule has 3 aromatic rings. The van der Waals surface area contributed by atoms with Crippen molar-refractivity contribution in [3.63, 3.8) is 0 Å². The molecule has 45 heavy (non-hydrogen) atoms. The number of amides is 1. The van der Waals surface area contributed by atoms with Gasteiger partial charge in [0.15, 0.2) is 11.5 Å². The number of allylic oxidation sites excluding steroid dienone is 4. The summed E-state index contributed by atoms with van der Waals surface area (Å²) >= 11 is 6.75. The van der Waals surface area contributed by atoms with E-state index in [9.17, 15) is 4.79 Å². The molecule has 0 bridgehead atoms. The monoisotopic (exact) mass is 631 g/mol. The zero-order chi connectivity index (χ0) is 32.2. The third-order valence-corrected chi connectivity index (χ3v) is 9.49.